The molecule has 1 atom stereocenters. The van der Waals surface area contributed by atoms with Gasteiger partial charge in [0, 0.05) is 53.6 Å². The number of H-pyrrole nitrogens is 1. The number of nitrogens with one attached hydrogen (secondary N) is 2. The van der Waals surface area contributed by atoms with Gasteiger partial charge in [-0.3, -0.25) is 5.32 Å². The van der Waals surface area contributed by atoms with Crippen LogP contribution in [0.5, 0.6) is 11.5 Å². The number of likely N-dealkylation sites (tertiary alicyclic amines) is 1. The first-order valence-corrected chi connectivity index (χ1v) is 15.7. The zero-order valence-electron chi connectivity index (χ0n) is 24.6. The Morgan fingerprint density at radius 2 is 1.67 bits per heavy atom. The number of sulfone groups is 1. The van der Waals surface area contributed by atoms with E-state index in [1.807, 2.05) is 61.1 Å². The molecule has 9 nitrogen and oxygen atoms in total. The molecule has 0 bridgehead atoms. The predicted molar refractivity (Wildman–Crippen MR) is 166 cm³/mol. The SMILES string of the molecule is COc1cc2c(-c3cc4c(C(NC5CCN(C)CC5)S(=O)(=O)c5ccc(C)cc5)ccnc4[nH]3)cn(C)c2cc1OC. The number of pyridine rings is 1. The molecule has 1 saturated heterocycles. The molecule has 10 heteroatoms. The van der Waals surface area contributed by atoms with E-state index in [9.17, 15) is 8.42 Å². The third-order valence-electron chi connectivity index (χ3n) is 8.40. The zero-order valence-corrected chi connectivity index (χ0v) is 25.5. The molecule has 2 N–H and O–H groups in total. The lowest BCUT2D eigenvalue weighted by Gasteiger charge is -2.32. The first-order chi connectivity index (χ1) is 20.2. The van der Waals surface area contributed by atoms with E-state index in [0.717, 1.165) is 59.0 Å². The fourth-order valence-corrected chi connectivity index (χ4v) is 7.64. The molecule has 5 aromatic rings. The van der Waals surface area contributed by atoms with Crippen LogP contribution in [0.4, 0.5) is 0 Å². The molecule has 4 heterocycles. The number of aromatic nitrogens is 3. The Balaban J connectivity index is 1.49. The molecule has 3 aromatic heterocycles. The van der Waals surface area contributed by atoms with Gasteiger partial charge in [0.05, 0.1) is 24.6 Å². The topological polar surface area (TPSA) is 101 Å². The quantitative estimate of drug-likeness (QED) is 0.257. The van der Waals surface area contributed by atoms with Crippen molar-refractivity contribution in [2.75, 3.05) is 34.4 Å². The number of methoxy groups -OCH3 is 2. The lowest BCUT2D eigenvalue weighted by molar-refractivity contribution is 0.232. The third kappa shape index (κ3) is 5.04. The summed E-state index contributed by atoms with van der Waals surface area (Å²) in [7, 11) is 3.55. The van der Waals surface area contributed by atoms with E-state index < -0.39 is 15.2 Å². The van der Waals surface area contributed by atoms with Gasteiger partial charge in [-0.25, -0.2) is 13.4 Å². The van der Waals surface area contributed by atoms with Crippen LogP contribution in [0.3, 0.4) is 0 Å². The Morgan fingerprint density at radius 3 is 2.36 bits per heavy atom. The summed E-state index contributed by atoms with van der Waals surface area (Å²) in [5.74, 6) is 1.29. The molecule has 42 heavy (non-hydrogen) atoms. The summed E-state index contributed by atoms with van der Waals surface area (Å²) in [5, 5.41) is 4.38. The van der Waals surface area contributed by atoms with Crippen molar-refractivity contribution in [2.24, 2.45) is 7.05 Å². The van der Waals surface area contributed by atoms with Crippen LogP contribution in [0.2, 0.25) is 0 Å². The number of piperidine rings is 1. The van der Waals surface area contributed by atoms with Crippen LogP contribution in [-0.2, 0) is 16.9 Å². The average molecular weight is 588 g/mol. The Hall–Kier alpha value is -3.86. The highest BCUT2D eigenvalue weighted by Crippen LogP contribution is 2.40. The molecule has 0 aliphatic carbocycles. The van der Waals surface area contributed by atoms with Gasteiger partial charge in [0.25, 0.3) is 0 Å². The summed E-state index contributed by atoms with van der Waals surface area (Å²) in [4.78, 5) is 10.6. The maximum atomic E-state index is 14.3. The van der Waals surface area contributed by atoms with Gasteiger partial charge in [-0.05, 0) is 75.8 Å². The summed E-state index contributed by atoms with van der Waals surface area (Å²) in [6.45, 7) is 3.80. The Kier molecular flexibility index (Phi) is 7.46. The standard InChI is InChI=1S/C32H37N5O4S/c1-20-6-8-22(9-7-20)42(38,39)32(34-21-11-14-36(2)15-12-21)23-10-13-33-31-25(23)16-27(35-31)26-19-37(3)28-18-30(41-5)29(40-4)17-24(26)28/h6-10,13,16-19,21,32,34H,11-12,14-15H2,1-5H3,(H,33,35). The molecule has 1 aliphatic heterocycles. The van der Waals surface area contributed by atoms with Crippen molar-refractivity contribution in [1.82, 2.24) is 24.8 Å². The van der Waals surface area contributed by atoms with E-state index in [0.29, 0.717) is 27.6 Å². The molecule has 1 aliphatic rings. The van der Waals surface area contributed by atoms with Crippen molar-refractivity contribution in [3.8, 4) is 22.8 Å². The number of aromatic amines is 1. The fraction of sp³-hybridized carbons (Fsp3) is 0.344. The van der Waals surface area contributed by atoms with Crippen molar-refractivity contribution < 1.29 is 17.9 Å². The Morgan fingerprint density at radius 1 is 0.976 bits per heavy atom. The third-order valence-corrected chi connectivity index (χ3v) is 10.3. The summed E-state index contributed by atoms with van der Waals surface area (Å²) in [5.41, 5.74) is 5.11. The normalized spacial score (nSPS) is 15.8. The minimum atomic E-state index is -3.78. The van der Waals surface area contributed by atoms with Crippen LogP contribution in [0.25, 0.3) is 33.2 Å². The Bertz CT molecular complexity index is 1850. The van der Waals surface area contributed by atoms with Gasteiger partial charge >= 0.3 is 0 Å². The molecule has 6 rings (SSSR count). The van der Waals surface area contributed by atoms with E-state index in [1.54, 1.807) is 32.5 Å². The maximum Gasteiger partial charge on any atom is 0.198 e. The van der Waals surface area contributed by atoms with Crippen molar-refractivity contribution in [3.05, 3.63) is 72.1 Å². The fourth-order valence-electron chi connectivity index (χ4n) is 5.94. The van der Waals surface area contributed by atoms with Crippen LogP contribution in [0, 0.1) is 6.92 Å². The van der Waals surface area contributed by atoms with Crippen LogP contribution in [-0.4, -0.2) is 68.3 Å². The summed E-state index contributed by atoms with van der Waals surface area (Å²) < 4.78 is 41.7. The van der Waals surface area contributed by atoms with Crippen molar-refractivity contribution in [1.29, 1.82) is 0 Å². The number of nitrogens with zero attached hydrogens (tertiary/aromatic N) is 3. The van der Waals surface area contributed by atoms with Crippen LogP contribution in [0.15, 0.2) is 65.8 Å². The molecule has 0 amide bonds. The van der Waals surface area contributed by atoms with Gasteiger partial charge in [-0.2, -0.15) is 0 Å². The molecule has 1 unspecified atom stereocenters. The van der Waals surface area contributed by atoms with Gasteiger partial charge in [-0.15, -0.1) is 0 Å². The van der Waals surface area contributed by atoms with Crippen LogP contribution < -0.4 is 14.8 Å². The number of ether oxygens (including phenoxy) is 2. The number of benzene rings is 2. The number of aryl methyl sites for hydroxylation is 2. The lowest BCUT2D eigenvalue weighted by Crippen LogP contribution is -2.44. The van der Waals surface area contributed by atoms with Crippen molar-refractivity contribution in [2.45, 2.75) is 36.1 Å². The zero-order chi connectivity index (χ0) is 29.6. The number of hydrogen-bond acceptors (Lipinski definition) is 7. The molecule has 2 aromatic carbocycles. The largest absolute Gasteiger partial charge is 0.493 e. The van der Waals surface area contributed by atoms with Gasteiger partial charge < -0.3 is 23.9 Å². The van der Waals surface area contributed by atoms with Crippen LogP contribution in [0.1, 0.15) is 29.3 Å². The van der Waals surface area contributed by atoms with Gasteiger partial charge in [0.1, 0.15) is 11.0 Å². The maximum absolute atomic E-state index is 14.3. The summed E-state index contributed by atoms with van der Waals surface area (Å²) in [6.07, 6.45) is 5.49. The Labute approximate surface area is 246 Å². The molecule has 220 valence electrons. The second-order valence-corrected chi connectivity index (χ2v) is 13.2. The number of fused-ring (bicyclic) bond motifs is 2. The smallest absolute Gasteiger partial charge is 0.198 e. The summed E-state index contributed by atoms with van der Waals surface area (Å²) >= 11 is 0. The number of hydrogen-bond donors (Lipinski definition) is 2. The second-order valence-electron chi connectivity index (χ2n) is 11.2. The average Bonchev–Trinajstić information content (AvgIpc) is 3.57. The highest BCUT2D eigenvalue weighted by atomic mass is 32.2. The first kappa shape index (κ1) is 28.3. The molecular weight excluding hydrogens is 550 g/mol. The molecule has 0 spiro atoms. The van der Waals surface area contributed by atoms with E-state index in [1.165, 1.54) is 0 Å². The van der Waals surface area contributed by atoms with E-state index in [4.69, 9.17) is 9.47 Å². The van der Waals surface area contributed by atoms with E-state index >= 15 is 0 Å². The predicted octanol–water partition coefficient (Wildman–Crippen LogP) is 5.20. The highest BCUT2D eigenvalue weighted by Gasteiger charge is 2.34. The monoisotopic (exact) mass is 587 g/mol. The first-order valence-electron chi connectivity index (χ1n) is 14.1. The van der Waals surface area contributed by atoms with Crippen molar-refractivity contribution >= 4 is 31.8 Å². The van der Waals surface area contributed by atoms with E-state index in [2.05, 4.69) is 27.2 Å². The summed E-state index contributed by atoms with van der Waals surface area (Å²) in [6, 6.07) is 14.9. The minimum Gasteiger partial charge on any atom is -0.493 e. The highest BCUT2D eigenvalue weighted by molar-refractivity contribution is 7.91. The minimum absolute atomic E-state index is 0.0774. The van der Waals surface area contributed by atoms with E-state index in [-0.39, 0.29) is 6.04 Å². The van der Waals surface area contributed by atoms with Gasteiger partial charge in [-0.1, -0.05) is 17.7 Å². The molecule has 0 radical (unpaired) electrons. The number of rotatable bonds is 8. The lowest BCUT2D eigenvalue weighted by atomic mass is 10.0. The molecule has 1 fully saturated rings. The van der Waals surface area contributed by atoms with Gasteiger partial charge in [0.15, 0.2) is 21.3 Å². The molecule has 0 saturated carbocycles. The van der Waals surface area contributed by atoms with Crippen LogP contribution >= 0.6 is 0 Å². The van der Waals surface area contributed by atoms with Gasteiger partial charge in [0.2, 0.25) is 0 Å². The molecular formula is C32H37N5O4S. The van der Waals surface area contributed by atoms with Crippen molar-refractivity contribution in [3.63, 3.8) is 0 Å². The second kappa shape index (κ2) is 11.1.